The number of hydrogen-bond acceptors (Lipinski definition) is 5. The van der Waals surface area contributed by atoms with Crippen molar-refractivity contribution in [2.45, 2.75) is 45.2 Å². The normalized spacial score (nSPS) is 16.3. The van der Waals surface area contributed by atoms with Crippen LogP contribution in [0.15, 0.2) is 6.20 Å². The van der Waals surface area contributed by atoms with Gasteiger partial charge in [0.15, 0.2) is 0 Å². The Balaban J connectivity index is 1.83. The van der Waals surface area contributed by atoms with Gasteiger partial charge in [0.2, 0.25) is 11.9 Å². The van der Waals surface area contributed by atoms with Gasteiger partial charge in [-0.05, 0) is 19.8 Å². The maximum absolute atomic E-state index is 5.75. The lowest BCUT2D eigenvalue weighted by molar-refractivity contribution is 0.464. The molecule has 2 heterocycles. The fourth-order valence-corrected chi connectivity index (χ4v) is 2.68. The van der Waals surface area contributed by atoms with Gasteiger partial charge >= 0.3 is 0 Å². The zero-order valence-corrected chi connectivity index (χ0v) is 11.1. The van der Waals surface area contributed by atoms with E-state index in [0.29, 0.717) is 18.5 Å². The van der Waals surface area contributed by atoms with Crippen LogP contribution in [-0.2, 0) is 6.54 Å². The molecule has 0 bridgehead atoms. The van der Waals surface area contributed by atoms with E-state index < -0.39 is 0 Å². The second kappa shape index (κ2) is 4.56. The maximum atomic E-state index is 5.75. The molecule has 0 saturated heterocycles. The largest absolute Gasteiger partial charge is 0.368 e. The second-order valence-electron chi connectivity index (χ2n) is 5.14. The molecule has 0 unspecified atom stereocenters. The average molecular weight is 261 g/mol. The molecule has 0 aliphatic heterocycles. The van der Waals surface area contributed by atoms with E-state index in [9.17, 15) is 0 Å². The fourth-order valence-electron chi connectivity index (χ4n) is 2.68. The van der Waals surface area contributed by atoms with Crippen molar-refractivity contribution in [2.24, 2.45) is 0 Å². The van der Waals surface area contributed by atoms with Gasteiger partial charge in [-0.15, -0.1) is 5.10 Å². The molecule has 1 fully saturated rings. The van der Waals surface area contributed by atoms with E-state index in [1.54, 1.807) is 4.68 Å². The monoisotopic (exact) mass is 261 g/mol. The molecule has 102 valence electrons. The van der Waals surface area contributed by atoms with E-state index in [4.69, 9.17) is 11.5 Å². The highest BCUT2D eigenvalue weighted by Crippen LogP contribution is 2.29. The van der Waals surface area contributed by atoms with Gasteiger partial charge in [0.25, 0.3) is 0 Å². The standard InChI is InChI=1S/C12H19N7/c1-8-9(7-19-12(14)15-11(13)17-19)6-18(16-8)10-4-2-3-5-10/h6,10H,2-5,7H2,1H3,(H4,13,14,15,17). The SMILES string of the molecule is Cc1nn(C2CCCC2)cc1Cn1nc(N)nc1N. The minimum atomic E-state index is 0.207. The lowest BCUT2D eigenvalue weighted by Gasteiger charge is -2.08. The molecule has 2 aromatic heterocycles. The first-order valence-electron chi connectivity index (χ1n) is 6.64. The molecule has 0 radical (unpaired) electrons. The first kappa shape index (κ1) is 12.0. The second-order valence-corrected chi connectivity index (χ2v) is 5.14. The Hall–Kier alpha value is -2.05. The van der Waals surface area contributed by atoms with Crippen molar-refractivity contribution in [1.29, 1.82) is 0 Å². The number of nitrogens with zero attached hydrogens (tertiary/aromatic N) is 5. The molecule has 7 heteroatoms. The van der Waals surface area contributed by atoms with Gasteiger partial charge < -0.3 is 11.5 Å². The Morgan fingerprint density at radius 1 is 1.26 bits per heavy atom. The van der Waals surface area contributed by atoms with Crippen LogP contribution in [0.4, 0.5) is 11.9 Å². The van der Waals surface area contributed by atoms with Gasteiger partial charge in [0.1, 0.15) is 0 Å². The molecule has 0 spiro atoms. The summed E-state index contributed by atoms with van der Waals surface area (Å²) in [5, 5.41) is 8.68. The van der Waals surface area contributed by atoms with Crippen molar-refractivity contribution in [1.82, 2.24) is 24.5 Å². The zero-order valence-electron chi connectivity index (χ0n) is 11.1. The van der Waals surface area contributed by atoms with Gasteiger partial charge in [-0.25, -0.2) is 4.68 Å². The van der Waals surface area contributed by atoms with Crippen LogP contribution in [-0.4, -0.2) is 24.5 Å². The van der Waals surface area contributed by atoms with Crippen molar-refractivity contribution < 1.29 is 0 Å². The number of aryl methyl sites for hydroxylation is 1. The topological polar surface area (TPSA) is 101 Å². The summed E-state index contributed by atoms with van der Waals surface area (Å²) in [6.07, 6.45) is 7.14. The zero-order chi connectivity index (χ0) is 13.4. The number of anilines is 2. The van der Waals surface area contributed by atoms with E-state index in [1.807, 2.05) is 6.92 Å². The predicted molar refractivity (Wildman–Crippen MR) is 72.4 cm³/mol. The van der Waals surface area contributed by atoms with E-state index >= 15 is 0 Å². The molecule has 0 amide bonds. The van der Waals surface area contributed by atoms with Gasteiger partial charge in [-0.2, -0.15) is 10.1 Å². The van der Waals surface area contributed by atoms with Crippen LogP contribution in [0.5, 0.6) is 0 Å². The van der Waals surface area contributed by atoms with Crippen LogP contribution in [0.2, 0.25) is 0 Å². The van der Waals surface area contributed by atoms with Crippen LogP contribution in [0.25, 0.3) is 0 Å². The molecule has 4 N–H and O–H groups in total. The van der Waals surface area contributed by atoms with Gasteiger partial charge in [0, 0.05) is 11.8 Å². The Labute approximate surface area is 111 Å². The van der Waals surface area contributed by atoms with Crippen LogP contribution in [0.1, 0.15) is 43.0 Å². The Bertz CT molecular complexity index is 577. The molecule has 3 rings (SSSR count). The average Bonchev–Trinajstić information content (AvgIpc) is 3.03. The summed E-state index contributed by atoms with van der Waals surface area (Å²) in [5.74, 6) is 0.545. The maximum Gasteiger partial charge on any atom is 0.241 e. The number of nitrogens with two attached hydrogens (primary N) is 2. The van der Waals surface area contributed by atoms with Crippen molar-refractivity contribution in [3.8, 4) is 0 Å². The van der Waals surface area contributed by atoms with Crippen LogP contribution in [0.3, 0.4) is 0 Å². The molecule has 19 heavy (non-hydrogen) atoms. The number of nitrogen functional groups attached to an aromatic ring is 2. The van der Waals surface area contributed by atoms with E-state index in [2.05, 4.69) is 26.1 Å². The lowest BCUT2D eigenvalue weighted by Crippen LogP contribution is -2.07. The van der Waals surface area contributed by atoms with Crippen LogP contribution >= 0.6 is 0 Å². The van der Waals surface area contributed by atoms with Crippen molar-refractivity contribution in [3.05, 3.63) is 17.5 Å². The molecular formula is C12H19N7. The summed E-state index contributed by atoms with van der Waals surface area (Å²) >= 11 is 0. The van der Waals surface area contributed by atoms with Crippen molar-refractivity contribution in [2.75, 3.05) is 11.5 Å². The molecule has 1 saturated carbocycles. The highest BCUT2D eigenvalue weighted by atomic mass is 15.4. The Morgan fingerprint density at radius 3 is 2.63 bits per heavy atom. The van der Waals surface area contributed by atoms with E-state index in [1.165, 1.54) is 25.7 Å². The summed E-state index contributed by atoms with van der Waals surface area (Å²) in [5.41, 5.74) is 13.4. The Morgan fingerprint density at radius 2 is 2.00 bits per heavy atom. The number of aromatic nitrogens is 5. The number of rotatable bonds is 3. The van der Waals surface area contributed by atoms with Crippen LogP contribution < -0.4 is 11.5 Å². The molecule has 7 nitrogen and oxygen atoms in total. The highest BCUT2D eigenvalue weighted by molar-refractivity contribution is 5.28. The minimum Gasteiger partial charge on any atom is -0.368 e. The van der Waals surface area contributed by atoms with Crippen molar-refractivity contribution in [3.63, 3.8) is 0 Å². The van der Waals surface area contributed by atoms with Gasteiger partial charge in [0.05, 0.1) is 18.3 Å². The molecule has 1 aliphatic rings. The predicted octanol–water partition coefficient (Wildman–Crippen LogP) is 1.11. The van der Waals surface area contributed by atoms with Gasteiger partial charge in [-0.1, -0.05) is 12.8 Å². The number of hydrogen-bond donors (Lipinski definition) is 2. The third kappa shape index (κ3) is 2.27. The third-order valence-electron chi connectivity index (χ3n) is 3.75. The summed E-state index contributed by atoms with van der Waals surface area (Å²) in [6.45, 7) is 2.58. The molecular weight excluding hydrogens is 242 g/mol. The third-order valence-corrected chi connectivity index (χ3v) is 3.75. The molecule has 2 aromatic rings. The summed E-state index contributed by atoms with van der Waals surface area (Å²) in [6, 6.07) is 0.547. The van der Waals surface area contributed by atoms with E-state index in [-0.39, 0.29) is 5.95 Å². The van der Waals surface area contributed by atoms with Crippen LogP contribution in [0, 0.1) is 6.92 Å². The first-order valence-corrected chi connectivity index (χ1v) is 6.64. The highest BCUT2D eigenvalue weighted by Gasteiger charge is 2.19. The van der Waals surface area contributed by atoms with Crippen molar-refractivity contribution >= 4 is 11.9 Å². The summed E-state index contributed by atoms with van der Waals surface area (Å²) in [4.78, 5) is 3.90. The fraction of sp³-hybridized carbons (Fsp3) is 0.583. The minimum absolute atomic E-state index is 0.207. The first-order chi connectivity index (χ1) is 9.13. The van der Waals surface area contributed by atoms with E-state index in [0.717, 1.165) is 11.3 Å². The van der Waals surface area contributed by atoms with Gasteiger partial charge in [-0.3, -0.25) is 4.68 Å². The lowest BCUT2D eigenvalue weighted by atomic mass is 10.2. The molecule has 1 aliphatic carbocycles. The summed E-state index contributed by atoms with van der Waals surface area (Å²) in [7, 11) is 0. The molecule has 0 aromatic carbocycles. The quantitative estimate of drug-likeness (QED) is 0.862. The summed E-state index contributed by atoms with van der Waals surface area (Å²) < 4.78 is 3.70. The Kier molecular flexibility index (Phi) is 2.88. The molecule has 0 atom stereocenters. The smallest absolute Gasteiger partial charge is 0.241 e.